The van der Waals surface area contributed by atoms with Crippen molar-refractivity contribution in [1.29, 1.82) is 0 Å². The first-order valence-corrected chi connectivity index (χ1v) is 8.76. The summed E-state index contributed by atoms with van der Waals surface area (Å²) in [4.78, 5) is 14.1. The molecule has 2 aromatic carbocycles. The molecule has 1 heterocycles. The van der Waals surface area contributed by atoms with Crippen molar-refractivity contribution >= 4 is 23.6 Å². The van der Waals surface area contributed by atoms with Gasteiger partial charge in [-0.2, -0.15) is 5.10 Å². The van der Waals surface area contributed by atoms with E-state index in [-0.39, 0.29) is 0 Å². The first-order chi connectivity index (χ1) is 13.6. The number of hydrogen-bond acceptors (Lipinski definition) is 4. The zero-order chi connectivity index (χ0) is 19.9. The quantitative estimate of drug-likeness (QED) is 0.508. The number of nitrogens with one attached hydrogen (secondary N) is 2. The molecule has 0 radical (unpaired) electrons. The topological polar surface area (TPSA) is 70.9 Å². The van der Waals surface area contributed by atoms with Gasteiger partial charge in [0.15, 0.2) is 0 Å². The lowest BCUT2D eigenvalue weighted by Gasteiger charge is -2.13. The largest absolute Gasteiger partial charge is 0.495 e. The molecule has 0 aliphatic carbocycles. The van der Waals surface area contributed by atoms with Crippen LogP contribution in [0.4, 0.5) is 16.2 Å². The Morgan fingerprint density at radius 2 is 1.82 bits per heavy atom. The zero-order valence-electron chi connectivity index (χ0n) is 16.1. The van der Waals surface area contributed by atoms with Crippen LogP contribution >= 0.6 is 0 Å². The minimum atomic E-state index is -0.450. The van der Waals surface area contributed by atoms with E-state index >= 15 is 0 Å². The second kappa shape index (κ2) is 8.77. The number of ether oxygens (including phenoxy) is 1. The van der Waals surface area contributed by atoms with Crippen LogP contribution in [-0.4, -0.2) is 38.0 Å². The predicted molar refractivity (Wildman–Crippen MR) is 113 cm³/mol. The number of nitrogens with zero attached hydrogens (tertiary/aromatic N) is 3. The van der Waals surface area contributed by atoms with Gasteiger partial charge in [-0.1, -0.05) is 12.1 Å². The average molecular weight is 377 g/mol. The van der Waals surface area contributed by atoms with Gasteiger partial charge in [-0.25, -0.2) is 10.2 Å². The standard InChI is InChI=1S/C21H23N5O2/c1-25(2)16-10-12-17(13-11-16)26-14-6-7-18(26)15-22-24-21(27)23-19-8-4-5-9-20(19)28-3/h4-15H,1-3H3,(H2,23,24,27)/b22-15+. The van der Waals surface area contributed by atoms with Gasteiger partial charge in [-0.15, -0.1) is 0 Å². The number of para-hydroxylation sites is 2. The highest BCUT2D eigenvalue weighted by atomic mass is 16.5. The van der Waals surface area contributed by atoms with E-state index in [4.69, 9.17) is 4.74 Å². The van der Waals surface area contributed by atoms with Gasteiger partial charge < -0.3 is 19.5 Å². The van der Waals surface area contributed by atoms with E-state index in [2.05, 4.69) is 28.0 Å². The Kier molecular flexibility index (Phi) is 5.96. The first-order valence-electron chi connectivity index (χ1n) is 8.76. The SMILES string of the molecule is COc1ccccc1NC(=O)N/N=C/c1cccn1-c1ccc(N(C)C)cc1. The van der Waals surface area contributed by atoms with Crippen LogP contribution in [0.1, 0.15) is 5.69 Å². The number of amides is 2. The van der Waals surface area contributed by atoms with E-state index < -0.39 is 6.03 Å². The molecule has 7 nitrogen and oxygen atoms in total. The Bertz CT molecular complexity index is 961. The van der Waals surface area contributed by atoms with E-state index in [0.29, 0.717) is 11.4 Å². The molecule has 3 rings (SSSR count). The fourth-order valence-electron chi connectivity index (χ4n) is 2.70. The Balaban J connectivity index is 1.65. The maximum atomic E-state index is 12.1. The van der Waals surface area contributed by atoms with E-state index in [1.165, 1.54) is 0 Å². The van der Waals surface area contributed by atoms with Crippen molar-refractivity contribution in [2.45, 2.75) is 0 Å². The molecular formula is C21H23N5O2. The normalized spacial score (nSPS) is 10.7. The maximum absolute atomic E-state index is 12.1. The lowest BCUT2D eigenvalue weighted by Crippen LogP contribution is -2.24. The Morgan fingerprint density at radius 3 is 2.54 bits per heavy atom. The van der Waals surface area contributed by atoms with Gasteiger partial charge in [0.25, 0.3) is 0 Å². The number of rotatable bonds is 6. The Morgan fingerprint density at radius 1 is 1.07 bits per heavy atom. The van der Waals surface area contributed by atoms with Crippen LogP contribution in [0.2, 0.25) is 0 Å². The van der Waals surface area contributed by atoms with Crippen LogP contribution in [-0.2, 0) is 0 Å². The highest BCUT2D eigenvalue weighted by Gasteiger charge is 2.06. The monoisotopic (exact) mass is 377 g/mol. The fraction of sp³-hybridized carbons (Fsp3) is 0.143. The van der Waals surface area contributed by atoms with Crippen LogP contribution in [0.25, 0.3) is 5.69 Å². The van der Waals surface area contributed by atoms with Gasteiger partial charge in [0, 0.05) is 31.7 Å². The number of carbonyl (C=O) groups excluding carboxylic acids is 1. The number of methoxy groups -OCH3 is 1. The summed E-state index contributed by atoms with van der Waals surface area (Å²) in [6.07, 6.45) is 3.54. The predicted octanol–water partition coefficient (Wildman–Crippen LogP) is 3.71. The highest BCUT2D eigenvalue weighted by Crippen LogP contribution is 2.22. The molecule has 2 amide bonds. The maximum Gasteiger partial charge on any atom is 0.339 e. The van der Waals surface area contributed by atoms with Crippen molar-refractivity contribution in [2.24, 2.45) is 5.10 Å². The number of anilines is 2. The van der Waals surface area contributed by atoms with Crippen molar-refractivity contribution in [1.82, 2.24) is 9.99 Å². The smallest absolute Gasteiger partial charge is 0.339 e. The van der Waals surface area contributed by atoms with Gasteiger partial charge >= 0.3 is 6.03 Å². The molecule has 0 aliphatic rings. The number of carbonyl (C=O) groups is 1. The van der Waals surface area contributed by atoms with Gasteiger partial charge in [-0.3, -0.25) is 0 Å². The van der Waals surface area contributed by atoms with Crippen molar-refractivity contribution < 1.29 is 9.53 Å². The van der Waals surface area contributed by atoms with Crippen molar-refractivity contribution in [2.75, 3.05) is 31.4 Å². The minimum absolute atomic E-state index is 0.450. The molecule has 0 aliphatic heterocycles. The summed E-state index contributed by atoms with van der Waals surface area (Å²) >= 11 is 0. The van der Waals surface area contributed by atoms with Gasteiger partial charge in [0.2, 0.25) is 0 Å². The van der Waals surface area contributed by atoms with Gasteiger partial charge in [0.05, 0.1) is 24.7 Å². The van der Waals surface area contributed by atoms with Crippen molar-refractivity contribution in [3.8, 4) is 11.4 Å². The number of aromatic nitrogens is 1. The Labute approximate surface area is 164 Å². The summed E-state index contributed by atoms with van der Waals surface area (Å²) in [7, 11) is 5.56. The summed E-state index contributed by atoms with van der Waals surface area (Å²) < 4.78 is 7.20. The number of urea groups is 1. The van der Waals surface area contributed by atoms with E-state index in [0.717, 1.165) is 17.1 Å². The van der Waals surface area contributed by atoms with Crippen molar-refractivity contribution in [3.05, 3.63) is 72.6 Å². The molecule has 28 heavy (non-hydrogen) atoms. The number of benzene rings is 2. The molecule has 0 fully saturated rings. The molecule has 0 bridgehead atoms. The Hall–Kier alpha value is -3.74. The van der Waals surface area contributed by atoms with Crippen LogP contribution in [0.3, 0.4) is 0 Å². The highest BCUT2D eigenvalue weighted by molar-refractivity contribution is 5.91. The van der Waals surface area contributed by atoms with Crippen LogP contribution in [0.15, 0.2) is 72.0 Å². The molecule has 0 saturated carbocycles. The molecule has 0 spiro atoms. The number of hydrazone groups is 1. The first kappa shape index (κ1) is 19.0. The van der Waals surface area contributed by atoms with Gasteiger partial charge in [-0.05, 0) is 48.5 Å². The lowest BCUT2D eigenvalue weighted by atomic mass is 10.2. The summed E-state index contributed by atoms with van der Waals surface area (Å²) in [6, 6.07) is 18.7. The van der Waals surface area contributed by atoms with Gasteiger partial charge in [0.1, 0.15) is 5.75 Å². The van der Waals surface area contributed by atoms with Crippen LogP contribution < -0.4 is 20.4 Å². The summed E-state index contributed by atoms with van der Waals surface area (Å²) in [5.74, 6) is 0.580. The molecule has 0 unspecified atom stereocenters. The molecule has 0 saturated heterocycles. The minimum Gasteiger partial charge on any atom is -0.495 e. The third-order valence-electron chi connectivity index (χ3n) is 4.14. The second-order valence-corrected chi connectivity index (χ2v) is 6.24. The van der Waals surface area contributed by atoms with Crippen LogP contribution in [0, 0.1) is 0 Å². The molecule has 144 valence electrons. The van der Waals surface area contributed by atoms with E-state index in [9.17, 15) is 4.79 Å². The molecule has 1 aromatic heterocycles. The molecule has 7 heteroatoms. The third kappa shape index (κ3) is 4.50. The second-order valence-electron chi connectivity index (χ2n) is 6.24. The van der Waals surface area contributed by atoms with E-state index in [1.54, 1.807) is 25.5 Å². The molecular weight excluding hydrogens is 354 g/mol. The summed E-state index contributed by atoms with van der Waals surface area (Å²) in [6.45, 7) is 0. The van der Waals surface area contributed by atoms with E-state index in [1.807, 2.05) is 66.2 Å². The molecule has 2 N–H and O–H groups in total. The summed E-state index contributed by atoms with van der Waals surface area (Å²) in [5, 5.41) is 6.74. The molecule has 0 atom stereocenters. The zero-order valence-corrected chi connectivity index (χ0v) is 16.1. The lowest BCUT2D eigenvalue weighted by molar-refractivity contribution is 0.252. The molecule has 3 aromatic rings. The number of hydrogen-bond donors (Lipinski definition) is 2. The average Bonchev–Trinajstić information content (AvgIpc) is 3.17. The van der Waals surface area contributed by atoms with Crippen LogP contribution in [0.5, 0.6) is 5.75 Å². The fourth-order valence-corrected chi connectivity index (χ4v) is 2.70. The summed E-state index contributed by atoms with van der Waals surface area (Å²) in [5.41, 5.74) is 6.02. The van der Waals surface area contributed by atoms with Crippen molar-refractivity contribution in [3.63, 3.8) is 0 Å². The third-order valence-corrected chi connectivity index (χ3v) is 4.14.